The van der Waals surface area contributed by atoms with Gasteiger partial charge in [0.15, 0.2) is 0 Å². The molecule has 0 fully saturated rings. The highest BCUT2D eigenvalue weighted by Gasteiger charge is 2.02. The van der Waals surface area contributed by atoms with Crippen LogP contribution in [0, 0.1) is 11.3 Å². The highest BCUT2D eigenvalue weighted by molar-refractivity contribution is 9.10. The molecule has 0 atom stereocenters. The van der Waals surface area contributed by atoms with Crippen LogP contribution in [0.4, 0.5) is 5.69 Å². The van der Waals surface area contributed by atoms with E-state index in [1.165, 1.54) is 0 Å². The van der Waals surface area contributed by atoms with Gasteiger partial charge in [0.25, 0.3) is 0 Å². The average Bonchev–Trinajstić information content (AvgIpc) is 2.38. The lowest BCUT2D eigenvalue weighted by Gasteiger charge is -2.07. The maximum absolute atomic E-state index is 8.97. The van der Waals surface area contributed by atoms with Crippen molar-refractivity contribution in [3.63, 3.8) is 0 Å². The highest BCUT2D eigenvalue weighted by atomic mass is 79.9. The summed E-state index contributed by atoms with van der Waals surface area (Å²) in [5.41, 5.74) is 2.22. The van der Waals surface area contributed by atoms with Crippen LogP contribution < -0.4 is 5.32 Å². The summed E-state index contributed by atoms with van der Waals surface area (Å²) in [4.78, 5) is 8.13. The number of nitriles is 1. The lowest BCUT2D eigenvalue weighted by molar-refractivity contribution is 1.01. The molecule has 1 heterocycles. The second-order valence-corrected chi connectivity index (χ2v) is 4.27. The first-order valence-corrected chi connectivity index (χ1v) is 5.77. The Morgan fingerprint density at radius 1 is 1.35 bits per heavy atom. The van der Waals surface area contributed by atoms with Gasteiger partial charge in [-0.1, -0.05) is 15.9 Å². The largest absolute Gasteiger partial charge is 0.378 e. The van der Waals surface area contributed by atoms with E-state index in [0.29, 0.717) is 12.1 Å². The standard InChI is InChI=1S/C12H9BrN4/c13-10-2-1-9(6-14)12(5-10)17-8-11-7-15-3-4-16-11/h1-5,7,17H,8H2. The number of nitrogens with zero attached hydrogens (tertiary/aromatic N) is 3. The van der Waals surface area contributed by atoms with Crippen LogP contribution >= 0.6 is 15.9 Å². The van der Waals surface area contributed by atoms with Gasteiger partial charge in [0, 0.05) is 16.9 Å². The number of rotatable bonds is 3. The molecule has 4 nitrogen and oxygen atoms in total. The Morgan fingerprint density at radius 3 is 2.94 bits per heavy atom. The van der Waals surface area contributed by atoms with Gasteiger partial charge in [0.05, 0.1) is 29.7 Å². The second kappa shape index (κ2) is 5.41. The van der Waals surface area contributed by atoms with Crippen LogP contribution in [0.3, 0.4) is 0 Å². The number of hydrogen-bond donors (Lipinski definition) is 1. The molecule has 2 rings (SSSR count). The molecule has 2 aromatic rings. The number of hydrogen-bond acceptors (Lipinski definition) is 4. The number of anilines is 1. The molecule has 0 aliphatic heterocycles. The van der Waals surface area contributed by atoms with Crippen molar-refractivity contribution in [1.82, 2.24) is 9.97 Å². The van der Waals surface area contributed by atoms with Crippen molar-refractivity contribution < 1.29 is 0 Å². The van der Waals surface area contributed by atoms with Gasteiger partial charge in [-0.3, -0.25) is 9.97 Å². The fourth-order valence-corrected chi connectivity index (χ4v) is 1.73. The van der Waals surface area contributed by atoms with Crippen molar-refractivity contribution in [2.45, 2.75) is 6.54 Å². The van der Waals surface area contributed by atoms with Crippen molar-refractivity contribution in [3.8, 4) is 6.07 Å². The van der Waals surface area contributed by atoms with Crippen LogP contribution in [-0.2, 0) is 6.54 Å². The predicted octanol–water partition coefficient (Wildman–Crippen LogP) is 2.72. The third-order valence-corrected chi connectivity index (χ3v) is 2.67. The van der Waals surface area contributed by atoms with Crippen LogP contribution in [0.1, 0.15) is 11.3 Å². The van der Waals surface area contributed by atoms with Crippen molar-refractivity contribution in [1.29, 1.82) is 5.26 Å². The van der Waals surface area contributed by atoms with Crippen LogP contribution in [0.25, 0.3) is 0 Å². The molecule has 5 heteroatoms. The molecule has 0 bridgehead atoms. The van der Waals surface area contributed by atoms with Gasteiger partial charge >= 0.3 is 0 Å². The van der Waals surface area contributed by atoms with E-state index in [0.717, 1.165) is 15.9 Å². The van der Waals surface area contributed by atoms with Crippen LogP contribution in [0.5, 0.6) is 0 Å². The molecular weight excluding hydrogens is 280 g/mol. The van der Waals surface area contributed by atoms with Gasteiger partial charge in [-0.05, 0) is 18.2 Å². The monoisotopic (exact) mass is 288 g/mol. The fourth-order valence-electron chi connectivity index (χ4n) is 1.37. The SMILES string of the molecule is N#Cc1ccc(Br)cc1NCc1cnccn1. The maximum atomic E-state index is 8.97. The zero-order chi connectivity index (χ0) is 12.1. The van der Waals surface area contributed by atoms with Crippen molar-refractivity contribution in [2.24, 2.45) is 0 Å². The molecule has 17 heavy (non-hydrogen) atoms. The predicted molar refractivity (Wildman–Crippen MR) is 68.2 cm³/mol. The summed E-state index contributed by atoms with van der Waals surface area (Å²) in [5.74, 6) is 0. The summed E-state index contributed by atoms with van der Waals surface area (Å²) in [6, 6.07) is 7.62. The zero-order valence-corrected chi connectivity index (χ0v) is 10.5. The summed E-state index contributed by atoms with van der Waals surface area (Å²) in [7, 11) is 0. The molecule has 1 aromatic carbocycles. The lowest BCUT2D eigenvalue weighted by atomic mass is 10.2. The second-order valence-electron chi connectivity index (χ2n) is 3.35. The molecule has 0 aliphatic rings. The summed E-state index contributed by atoms with van der Waals surface area (Å²) in [6.07, 6.45) is 4.96. The Kier molecular flexibility index (Phi) is 3.68. The molecule has 0 saturated carbocycles. The number of aromatic nitrogens is 2. The first-order chi connectivity index (χ1) is 8.29. The first-order valence-electron chi connectivity index (χ1n) is 4.98. The van der Waals surface area contributed by atoms with E-state index < -0.39 is 0 Å². The van der Waals surface area contributed by atoms with Crippen LogP contribution in [-0.4, -0.2) is 9.97 Å². The van der Waals surface area contributed by atoms with Gasteiger partial charge in [-0.2, -0.15) is 5.26 Å². The molecule has 0 saturated heterocycles. The van der Waals surface area contributed by atoms with Gasteiger partial charge in [-0.15, -0.1) is 0 Å². The molecule has 0 unspecified atom stereocenters. The van der Waals surface area contributed by atoms with Crippen molar-refractivity contribution in [2.75, 3.05) is 5.32 Å². The Bertz CT molecular complexity index is 548. The molecule has 0 amide bonds. The Morgan fingerprint density at radius 2 is 2.24 bits per heavy atom. The lowest BCUT2D eigenvalue weighted by Crippen LogP contribution is -2.03. The molecule has 84 valence electrons. The number of benzene rings is 1. The molecule has 0 spiro atoms. The van der Waals surface area contributed by atoms with Crippen molar-refractivity contribution >= 4 is 21.6 Å². The molecular formula is C12H9BrN4. The summed E-state index contributed by atoms with van der Waals surface area (Å²) < 4.78 is 0.929. The van der Waals surface area contributed by atoms with Gasteiger partial charge in [0.2, 0.25) is 0 Å². The topological polar surface area (TPSA) is 61.6 Å². The average molecular weight is 289 g/mol. The van der Waals surface area contributed by atoms with Crippen LogP contribution in [0.2, 0.25) is 0 Å². The normalized spacial score (nSPS) is 9.65. The smallest absolute Gasteiger partial charge is 0.101 e. The molecule has 0 aliphatic carbocycles. The van der Waals surface area contributed by atoms with Gasteiger partial charge in [-0.25, -0.2) is 0 Å². The molecule has 1 N–H and O–H groups in total. The minimum Gasteiger partial charge on any atom is -0.378 e. The van der Waals surface area contributed by atoms with Gasteiger partial charge < -0.3 is 5.32 Å². The highest BCUT2D eigenvalue weighted by Crippen LogP contribution is 2.21. The van der Waals surface area contributed by atoms with Gasteiger partial charge in [0.1, 0.15) is 6.07 Å². The summed E-state index contributed by atoms with van der Waals surface area (Å²) in [5, 5.41) is 12.1. The van der Waals surface area contributed by atoms with E-state index >= 15 is 0 Å². The Hall–Kier alpha value is -1.93. The van der Waals surface area contributed by atoms with E-state index in [-0.39, 0.29) is 0 Å². The molecule has 1 aromatic heterocycles. The Balaban J connectivity index is 2.14. The number of nitrogens with one attached hydrogen (secondary N) is 1. The minimum absolute atomic E-state index is 0.541. The zero-order valence-electron chi connectivity index (χ0n) is 8.89. The van der Waals surface area contributed by atoms with E-state index in [2.05, 4.69) is 37.3 Å². The summed E-state index contributed by atoms with van der Waals surface area (Å²) in [6.45, 7) is 0.541. The molecule has 0 radical (unpaired) electrons. The van der Waals surface area contributed by atoms with Crippen LogP contribution in [0.15, 0.2) is 41.3 Å². The number of halogens is 1. The minimum atomic E-state index is 0.541. The van der Waals surface area contributed by atoms with E-state index in [1.807, 2.05) is 12.1 Å². The van der Waals surface area contributed by atoms with E-state index in [9.17, 15) is 0 Å². The van der Waals surface area contributed by atoms with E-state index in [1.54, 1.807) is 24.7 Å². The maximum Gasteiger partial charge on any atom is 0.101 e. The van der Waals surface area contributed by atoms with E-state index in [4.69, 9.17) is 5.26 Å². The summed E-state index contributed by atoms with van der Waals surface area (Å²) >= 11 is 3.37. The first kappa shape index (κ1) is 11.6. The third kappa shape index (κ3) is 3.02. The third-order valence-electron chi connectivity index (χ3n) is 2.18. The fraction of sp³-hybridized carbons (Fsp3) is 0.0833. The Labute approximate surface area is 107 Å². The van der Waals surface area contributed by atoms with Crippen molar-refractivity contribution in [3.05, 3.63) is 52.5 Å². The quantitative estimate of drug-likeness (QED) is 0.943.